The predicted molar refractivity (Wildman–Crippen MR) is 166 cm³/mol. The minimum Gasteiger partial charge on any atom is -0.502 e. The van der Waals surface area contributed by atoms with E-state index in [1.165, 1.54) is 44.6 Å². The van der Waals surface area contributed by atoms with Gasteiger partial charge < -0.3 is 14.6 Å². The van der Waals surface area contributed by atoms with E-state index in [0.717, 1.165) is 13.9 Å². The first-order valence-corrected chi connectivity index (χ1v) is 15.3. The molecule has 11 nitrogen and oxygen atoms in total. The van der Waals surface area contributed by atoms with E-state index in [4.69, 9.17) is 32.7 Å². The summed E-state index contributed by atoms with van der Waals surface area (Å²) in [5.74, 6) is -18.4. The van der Waals surface area contributed by atoms with E-state index in [0.29, 0.717) is 0 Å². The molecule has 3 heterocycles. The van der Waals surface area contributed by atoms with Crippen LogP contribution in [-0.4, -0.2) is 54.8 Å². The van der Waals surface area contributed by atoms with Gasteiger partial charge in [-0.15, -0.1) is 23.2 Å². The summed E-state index contributed by atoms with van der Waals surface area (Å²) in [5, 5.41) is 10.7. The Balaban J connectivity index is 1.53. The first-order chi connectivity index (χ1) is 23.6. The lowest BCUT2D eigenvalue weighted by molar-refractivity contribution is -0.122. The van der Waals surface area contributed by atoms with Crippen LogP contribution >= 0.6 is 23.2 Å². The number of allylic oxidation sites excluding steroid dienone is 2. The molecule has 2 fully saturated rings. The molecule has 4 atom stereocenters. The summed E-state index contributed by atoms with van der Waals surface area (Å²) in [5.41, 5.74) is -3.34. The number of halogens is 7. The molecule has 3 aromatic carbocycles. The number of hydrogen-bond donors (Lipinski definition) is 1. The molecule has 1 saturated carbocycles. The van der Waals surface area contributed by atoms with Crippen LogP contribution in [0, 0.1) is 29.1 Å². The molecule has 1 aliphatic carbocycles. The van der Waals surface area contributed by atoms with Crippen molar-refractivity contribution >= 4 is 40.7 Å². The van der Waals surface area contributed by atoms with Crippen molar-refractivity contribution in [2.45, 2.75) is 34.7 Å². The van der Waals surface area contributed by atoms with Crippen LogP contribution in [0.3, 0.4) is 0 Å². The summed E-state index contributed by atoms with van der Waals surface area (Å²) in [4.78, 5) is 50.5. The zero-order valence-electron chi connectivity index (χ0n) is 25.5. The molecule has 4 aromatic rings. The van der Waals surface area contributed by atoms with E-state index in [9.17, 15) is 37.5 Å². The number of fused-ring (bicyclic) bond motifs is 4. The van der Waals surface area contributed by atoms with Crippen molar-refractivity contribution in [3.63, 3.8) is 0 Å². The number of hydrogen-bond acceptors (Lipinski definition) is 7. The molecule has 0 radical (unpaired) electrons. The second-order valence-corrected chi connectivity index (χ2v) is 12.9. The Morgan fingerprint density at radius 1 is 0.820 bits per heavy atom. The third kappa shape index (κ3) is 4.08. The molecular formula is C32H21Cl2F5N4O7. The topological polar surface area (TPSA) is 125 Å². The second kappa shape index (κ2) is 11.2. The van der Waals surface area contributed by atoms with E-state index in [1.807, 2.05) is 0 Å². The zero-order chi connectivity index (χ0) is 36.2. The molecule has 0 bridgehead atoms. The molecule has 18 heteroatoms. The molecule has 7 rings (SSSR count). The van der Waals surface area contributed by atoms with Crippen molar-refractivity contribution in [2.75, 3.05) is 19.1 Å². The van der Waals surface area contributed by atoms with Crippen molar-refractivity contribution in [3.05, 3.63) is 110 Å². The van der Waals surface area contributed by atoms with Crippen LogP contribution in [0.2, 0.25) is 0 Å². The number of carbonyl (C=O) groups excluding carboxylic acids is 2. The number of benzene rings is 3. The number of imide groups is 1. The highest BCUT2D eigenvalue weighted by Crippen LogP contribution is 2.64. The molecule has 2 amide bonds. The van der Waals surface area contributed by atoms with E-state index >= 15 is 8.78 Å². The maximum Gasteiger partial charge on any atom is 0.352 e. The summed E-state index contributed by atoms with van der Waals surface area (Å²) in [7, 11) is 2.37. The number of nitrogens with zero attached hydrogens (tertiary/aromatic N) is 4. The number of alkyl halides is 2. The minimum atomic E-state index is -2.80. The van der Waals surface area contributed by atoms with E-state index in [1.54, 1.807) is 18.2 Å². The fourth-order valence-electron chi connectivity index (χ4n) is 7.08. The van der Waals surface area contributed by atoms with Gasteiger partial charge in [0, 0.05) is 12.3 Å². The average molecular weight is 739 g/mol. The number of anilines is 1. The maximum absolute atomic E-state index is 15.2. The predicted octanol–water partition coefficient (Wildman–Crippen LogP) is 4.42. The third-order valence-electron chi connectivity index (χ3n) is 9.34. The van der Waals surface area contributed by atoms with Gasteiger partial charge >= 0.3 is 11.4 Å². The molecule has 50 heavy (non-hydrogen) atoms. The molecule has 1 saturated heterocycles. The standard InChI is InChI=1S/C32H21Cl2F5N4O7/c1-49-17-10-13(11-18(50-2)26(17)44)19-15-8-9-40-29(47)41(14-6-4-3-5-7-14)30(48)43(40)16(15)12-31(33)27(45)42(28(46)32(19,31)34)25-23(38)21(36)20(35)22(37)24(25)39/h3-8,10-11,16,19,44H,9,12H2,1-2H3/t16-,19+,31-,32+/m1/s1. The Hall–Kier alpha value is -5.09. The lowest BCUT2D eigenvalue weighted by Gasteiger charge is -2.49. The van der Waals surface area contributed by atoms with Gasteiger partial charge in [-0.05, 0) is 35.4 Å². The molecule has 1 N–H and O–H groups in total. The van der Waals surface area contributed by atoms with Crippen molar-refractivity contribution < 1.29 is 46.1 Å². The third-order valence-corrected chi connectivity index (χ3v) is 10.8. The Morgan fingerprint density at radius 2 is 1.38 bits per heavy atom. The van der Waals surface area contributed by atoms with Crippen LogP contribution in [0.5, 0.6) is 17.2 Å². The quantitative estimate of drug-likeness (QED) is 0.0804. The first-order valence-electron chi connectivity index (χ1n) is 14.6. The monoisotopic (exact) mass is 738 g/mol. The van der Waals surface area contributed by atoms with Gasteiger partial charge in [0.05, 0.1) is 32.5 Å². The van der Waals surface area contributed by atoms with E-state index in [2.05, 4.69) is 0 Å². The Kier molecular flexibility index (Phi) is 7.49. The van der Waals surface area contributed by atoms with Crippen LogP contribution in [-0.2, 0) is 16.1 Å². The smallest absolute Gasteiger partial charge is 0.352 e. The molecule has 260 valence electrons. The van der Waals surface area contributed by atoms with Crippen molar-refractivity contribution in [2.24, 2.45) is 0 Å². The molecular weight excluding hydrogens is 718 g/mol. The summed E-state index contributed by atoms with van der Waals surface area (Å²) in [6.07, 6.45) is 0.665. The zero-order valence-corrected chi connectivity index (χ0v) is 27.0. The fraction of sp³-hybridized carbons (Fsp3) is 0.250. The van der Waals surface area contributed by atoms with Gasteiger partial charge in [-0.25, -0.2) is 50.4 Å². The number of rotatable bonds is 5. The Bertz CT molecular complexity index is 2270. The van der Waals surface area contributed by atoms with Crippen LogP contribution in [0.4, 0.5) is 27.6 Å². The average Bonchev–Trinajstić information content (AvgIpc) is 3.45. The fourth-order valence-corrected chi connectivity index (χ4v) is 8.00. The first kappa shape index (κ1) is 33.4. The normalized spacial score (nSPS) is 24.1. The summed E-state index contributed by atoms with van der Waals surface area (Å²) in [6.45, 7) is -0.283. The second-order valence-electron chi connectivity index (χ2n) is 11.7. The van der Waals surface area contributed by atoms with Gasteiger partial charge in [0.15, 0.2) is 44.5 Å². The summed E-state index contributed by atoms with van der Waals surface area (Å²) >= 11 is 14.2. The number of phenolic OH excluding ortho intramolecular Hbond substituents is 1. The number of amides is 2. The Morgan fingerprint density at radius 3 is 1.94 bits per heavy atom. The molecule has 0 spiro atoms. The Labute approximate surface area is 286 Å². The van der Waals surface area contributed by atoms with Gasteiger partial charge in [0.1, 0.15) is 5.69 Å². The number of phenols is 1. The van der Waals surface area contributed by atoms with Crippen LogP contribution in [0.15, 0.2) is 63.7 Å². The van der Waals surface area contributed by atoms with Gasteiger partial charge in [-0.3, -0.25) is 9.59 Å². The number of carbonyl (C=O) groups is 2. The highest BCUT2D eigenvalue weighted by atomic mass is 35.5. The lowest BCUT2D eigenvalue weighted by atomic mass is 9.64. The molecule has 1 aromatic heterocycles. The van der Waals surface area contributed by atoms with Crippen molar-refractivity contribution in [1.29, 1.82) is 0 Å². The number of para-hydroxylation sites is 1. The number of aromatic nitrogens is 3. The highest BCUT2D eigenvalue weighted by Gasteiger charge is 2.76. The number of ether oxygens (including phenoxy) is 2. The van der Waals surface area contributed by atoms with Gasteiger partial charge in [0.25, 0.3) is 11.8 Å². The maximum atomic E-state index is 15.2. The molecule has 2 aliphatic heterocycles. The van der Waals surface area contributed by atoms with Crippen LogP contribution < -0.4 is 25.8 Å². The molecule has 0 unspecified atom stereocenters. The van der Waals surface area contributed by atoms with Crippen LogP contribution in [0.25, 0.3) is 5.69 Å². The van der Waals surface area contributed by atoms with Crippen molar-refractivity contribution in [3.8, 4) is 22.9 Å². The van der Waals surface area contributed by atoms with Crippen molar-refractivity contribution in [1.82, 2.24) is 13.9 Å². The lowest BCUT2D eigenvalue weighted by Crippen LogP contribution is -2.59. The largest absolute Gasteiger partial charge is 0.502 e. The van der Waals surface area contributed by atoms with E-state index < -0.39 is 91.8 Å². The molecule has 3 aliphatic rings. The number of methoxy groups -OCH3 is 2. The van der Waals surface area contributed by atoms with Gasteiger partial charge in [0.2, 0.25) is 11.6 Å². The minimum absolute atomic E-state index is 0.0424. The van der Waals surface area contributed by atoms with Crippen LogP contribution in [0.1, 0.15) is 23.9 Å². The summed E-state index contributed by atoms with van der Waals surface area (Å²) in [6, 6.07) is 8.86. The van der Waals surface area contributed by atoms with E-state index in [-0.39, 0.29) is 39.8 Å². The SMILES string of the molecule is COc1cc([C@H]2C3=CCn4c(=O)n(-c5ccccc5)c(=O)n4[C@@H]3C[C@@]3(Cl)C(=O)N(c4c(F)c(F)c(F)c(F)c4F)C(=O)[C@@]23Cl)cc(OC)c1O. The number of aromatic hydroxyl groups is 1. The van der Waals surface area contributed by atoms with Gasteiger partial charge in [-0.2, -0.15) is 0 Å². The van der Waals surface area contributed by atoms with Gasteiger partial charge in [-0.1, -0.05) is 24.3 Å². The highest BCUT2D eigenvalue weighted by molar-refractivity contribution is 6.58. The summed E-state index contributed by atoms with van der Waals surface area (Å²) < 4.78 is 86.8.